The van der Waals surface area contributed by atoms with Gasteiger partial charge in [-0.3, -0.25) is 5.10 Å². The minimum absolute atomic E-state index is 0.665. The number of hydrogen-bond donors (Lipinski definition) is 1. The third-order valence-electron chi connectivity index (χ3n) is 2.86. The highest BCUT2D eigenvalue weighted by Crippen LogP contribution is 2.22. The van der Waals surface area contributed by atoms with E-state index in [4.69, 9.17) is 4.74 Å². The Morgan fingerprint density at radius 1 is 0.947 bits per heavy atom. The minimum atomic E-state index is 0.665. The van der Waals surface area contributed by atoms with E-state index in [1.165, 1.54) is 0 Å². The van der Waals surface area contributed by atoms with Crippen molar-refractivity contribution in [1.82, 2.24) is 15.2 Å². The van der Waals surface area contributed by atoms with Crippen molar-refractivity contribution in [3.8, 4) is 28.5 Å². The molecule has 2 aromatic carbocycles. The van der Waals surface area contributed by atoms with E-state index in [0.717, 1.165) is 22.7 Å². The van der Waals surface area contributed by atoms with Gasteiger partial charge in [-0.05, 0) is 12.1 Å². The number of benzene rings is 2. The van der Waals surface area contributed by atoms with Crippen molar-refractivity contribution in [2.24, 2.45) is 0 Å². The van der Waals surface area contributed by atoms with Gasteiger partial charge in [0.1, 0.15) is 5.75 Å². The number of aromatic nitrogens is 3. The van der Waals surface area contributed by atoms with Gasteiger partial charge in [0.25, 0.3) is 0 Å². The first-order valence-electron chi connectivity index (χ1n) is 5.99. The lowest BCUT2D eigenvalue weighted by Crippen LogP contribution is -1.85. The Kier molecular flexibility index (Phi) is 2.98. The number of nitrogens with zero attached hydrogens (tertiary/aromatic N) is 2. The zero-order valence-electron chi connectivity index (χ0n) is 10.5. The van der Waals surface area contributed by atoms with Crippen LogP contribution in [0.5, 0.6) is 5.75 Å². The molecule has 0 saturated carbocycles. The molecule has 0 fully saturated rings. The number of hydrogen-bond acceptors (Lipinski definition) is 3. The normalized spacial score (nSPS) is 10.4. The molecule has 0 aliphatic heterocycles. The average molecular weight is 251 g/mol. The van der Waals surface area contributed by atoms with Crippen LogP contribution in [0.4, 0.5) is 0 Å². The van der Waals surface area contributed by atoms with Crippen LogP contribution in [0.15, 0.2) is 54.6 Å². The zero-order valence-corrected chi connectivity index (χ0v) is 10.5. The van der Waals surface area contributed by atoms with E-state index in [-0.39, 0.29) is 0 Å². The topological polar surface area (TPSA) is 50.8 Å². The molecule has 0 aliphatic carbocycles. The van der Waals surface area contributed by atoms with Crippen molar-refractivity contribution >= 4 is 0 Å². The number of H-pyrrole nitrogens is 1. The van der Waals surface area contributed by atoms with E-state index in [9.17, 15) is 0 Å². The van der Waals surface area contributed by atoms with Gasteiger partial charge in [0.05, 0.1) is 7.11 Å². The second-order valence-electron chi connectivity index (χ2n) is 4.11. The molecule has 0 unspecified atom stereocenters. The van der Waals surface area contributed by atoms with Gasteiger partial charge in [0.15, 0.2) is 11.6 Å². The number of methoxy groups -OCH3 is 1. The molecule has 4 nitrogen and oxygen atoms in total. The molecule has 1 heterocycles. The van der Waals surface area contributed by atoms with Crippen LogP contribution in [0.1, 0.15) is 0 Å². The van der Waals surface area contributed by atoms with Crippen LogP contribution in [0, 0.1) is 0 Å². The fourth-order valence-electron chi connectivity index (χ4n) is 1.88. The summed E-state index contributed by atoms with van der Waals surface area (Å²) in [5.41, 5.74) is 1.95. The molecular weight excluding hydrogens is 238 g/mol. The Balaban J connectivity index is 1.97. The van der Waals surface area contributed by atoms with Crippen LogP contribution < -0.4 is 4.74 Å². The summed E-state index contributed by atoms with van der Waals surface area (Å²) in [7, 11) is 1.65. The van der Waals surface area contributed by atoms with Gasteiger partial charge >= 0.3 is 0 Å². The van der Waals surface area contributed by atoms with Gasteiger partial charge in [0.2, 0.25) is 0 Å². The molecule has 1 aromatic heterocycles. The molecule has 19 heavy (non-hydrogen) atoms. The molecule has 0 bridgehead atoms. The second-order valence-corrected chi connectivity index (χ2v) is 4.11. The first-order valence-corrected chi connectivity index (χ1v) is 5.99. The van der Waals surface area contributed by atoms with E-state index in [2.05, 4.69) is 15.2 Å². The van der Waals surface area contributed by atoms with E-state index in [1.807, 2.05) is 54.6 Å². The number of aromatic amines is 1. The molecule has 0 radical (unpaired) electrons. The van der Waals surface area contributed by atoms with Crippen molar-refractivity contribution in [2.45, 2.75) is 0 Å². The monoisotopic (exact) mass is 251 g/mol. The summed E-state index contributed by atoms with van der Waals surface area (Å²) in [5, 5.41) is 7.20. The first kappa shape index (κ1) is 11.5. The summed E-state index contributed by atoms with van der Waals surface area (Å²) >= 11 is 0. The van der Waals surface area contributed by atoms with Crippen LogP contribution in [0.2, 0.25) is 0 Å². The fraction of sp³-hybridized carbons (Fsp3) is 0.0667. The zero-order chi connectivity index (χ0) is 13.1. The third-order valence-corrected chi connectivity index (χ3v) is 2.86. The van der Waals surface area contributed by atoms with Gasteiger partial charge in [-0.25, -0.2) is 4.98 Å². The molecule has 0 saturated heterocycles. The number of ether oxygens (including phenoxy) is 1. The van der Waals surface area contributed by atoms with Crippen molar-refractivity contribution in [3.05, 3.63) is 54.6 Å². The highest BCUT2D eigenvalue weighted by Gasteiger charge is 2.07. The predicted octanol–water partition coefficient (Wildman–Crippen LogP) is 3.15. The largest absolute Gasteiger partial charge is 0.497 e. The summed E-state index contributed by atoms with van der Waals surface area (Å²) in [5.74, 6) is 2.22. The smallest absolute Gasteiger partial charge is 0.181 e. The molecule has 0 amide bonds. The average Bonchev–Trinajstić information content (AvgIpc) is 2.98. The van der Waals surface area contributed by atoms with Gasteiger partial charge in [0, 0.05) is 11.1 Å². The highest BCUT2D eigenvalue weighted by molar-refractivity contribution is 5.62. The molecule has 4 heteroatoms. The van der Waals surface area contributed by atoms with E-state index in [0.29, 0.717) is 5.82 Å². The molecule has 0 spiro atoms. The standard InChI is InChI=1S/C15H13N3O/c1-19-13-9-5-8-12(10-13)15-16-14(17-18-15)11-6-3-2-4-7-11/h2-10H,1H3,(H,16,17,18). The summed E-state index contributed by atoms with van der Waals surface area (Å²) in [6, 6.07) is 17.6. The lowest BCUT2D eigenvalue weighted by molar-refractivity contribution is 0.415. The van der Waals surface area contributed by atoms with Crippen LogP contribution >= 0.6 is 0 Å². The molecular formula is C15H13N3O. The van der Waals surface area contributed by atoms with Crippen LogP contribution in [-0.4, -0.2) is 22.3 Å². The fourth-order valence-corrected chi connectivity index (χ4v) is 1.88. The predicted molar refractivity (Wildman–Crippen MR) is 73.8 cm³/mol. The number of rotatable bonds is 3. The summed E-state index contributed by atoms with van der Waals surface area (Å²) in [4.78, 5) is 4.50. The van der Waals surface area contributed by atoms with Crippen molar-refractivity contribution in [2.75, 3.05) is 7.11 Å². The van der Waals surface area contributed by atoms with Crippen molar-refractivity contribution < 1.29 is 4.74 Å². The molecule has 0 aliphatic rings. The molecule has 0 atom stereocenters. The summed E-state index contributed by atoms with van der Waals surface area (Å²) in [6.45, 7) is 0. The quantitative estimate of drug-likeness (QED) is 0.778. The van der Waals surface area contributed by atoms with Gasteiger partial charge in [-0.1, -0.05) is 42.5 Å². The molecule has 94 valence electrons. The van der Waals surface area contributed by atoms with Crippen molar-refractivity contribution in [1.29, 1.82) is 0 Å². The van der Waals surface area contributed by atoms with Gasteiger partial charge in [-0.2, -0.15) is 5.10 Å². The van der Waals surface area contributed by atoms with Gasteiger partial charge in [-0.15, -0.1) is 0 Å². The lowest BCUT2D eigenvalue weighted by Gasteiger charge is -2.00. The van der Waals surface area contributed by atoms with Crippen LogP contribution in [-0.2, 0) is 0 Å². The Hall–Kier alpha value is -2.62. The van der Waals surface area contributed by atoms with E-state index < -0.39 is 0 Å². The SMILES string of the molecule is COc1cccc(-c2n[nH]c(-c3ccccc3)n2)c1. The molecule has 1 N–H and O–H groups in total. The van der Waals surface area contributed by atoms with Gasteiger partial charge < -0.3 is 4.74 Å². The second kappa shape index (κ2) is 4.94. The van der Waals surface area contributed by atoms with Crippen LogP contribution in [0.3, 0.4) is 0 Å². The Morgan fingerprint density at radius 3 is 2.53 bits per heavy atom. The number of nitrogens with one attached hydrogen (secondary N) is 1. The first-order chi connectivity index (χ1) is 9.36. The van der Waals surface area contributed by atoms with Crippen molar-refractivity contribution in [3.63, 3.8) is 0 Å². The molecule has 3 rings (SSSR count). The lowest BCUT2D eigenvalue weighted by atomic mass is 10.2. The maximum atomic E-state index is 5.20. The highest BCUT2D eigenvalue weighted by atomic mass is 16.5. The van der Waals surface area contributed by atoms with E-state index >= 15 is 0 Å². The molecule has 3 aromatic rings. The maximum absolute atomic E-state index is 5.20. The minimum Gasteiger partial charge on any atom is -0.497 e. The maximum Gasteiger partial charge on any atom is 0.181 e. The van der Waals surface area contributed by atoms with E-state index in [1.54, 1.807) is 7.11 Å². The summed E-state index contributed by atoms with van der Waals surface area (Å²) in [6.07, 6.45) is 0. The van der Waals surface area contributed by atoms with Crippen LogP contribution in [0.25, 0.3) is 22.8 Å². The Bertz CT molecular complexity index is 677. The third kappa shape index (κ3) is 2.33. The Labute approximate surface area is 111 Å². The Morgan fingerprint density at radius 2 is 1.74 bits per heavy atom. The summed E-state index contributed by atoms with van der Waals surface area (Å²) < 4.78 is 5.20.